The zero-order valence-electron chi connectivity index (χ0n) is 13.4. The molecule has 5 heteroatoms. The van der Waals surface area contributed by atoms with E-state index in [0.717, 1.165) is 25.8 Å². The average molecular weight is 350 g/mol. The van der Waals surface area contributed by atoms with Gasteiger partial charge in [0.1, 0.15) is 0 Å². The molecule has 0 N–H and O–H groups in total. The Labute approximate surface area is 147 Å². The Kier molecular flexibility index (Phi) is 5.59. The van der Waals surface area contributed by atoms with Crippen LogP contribution in [0.1, 0.15) is 38.2 Å². The second kappa shape index (κ2) is 7.67. The van der Waals surface area contributed by atoms with Crippen LogP contribution in [0.5, 0.6) is 0 Å². The number of benzene rings is 1. The largest absolute Gasteiger partial charge is 0.479 e. The minimum absolute atomic E-state index is 0.290. The maximum Gasteiger partial charge on any atom is 0.223 e. The van der Waals surface area contributed by atoms with E-state index in [1.165, 1.54) is 5.56 Å². The first kappa shape index (κ1) is 16.8. The van der Waals surface area contributed by atoms with Gasteiger partial charge in [0.15, 0.2) is 0 Å². The Morgan fingerprint density at radius 2 is 2.13 bits per heavy atom. The van der Waals surface area contributed by atoms with Crippen LogP contribution in [-0.2, 0) is 16.1 Å². The van der Waals surface area contributed by atoms with Gasteiger partial charge in [0.2, 0.25) is 10.3 Å². The maximum absolute atomic E-state index is 12.6. The van der Waals surface area contributed by atoms with Crippen molar-refractivity contribution in [2.24, 2.45) is 5.92 Å². The fraction of sp³-hybridized carbons (Fsp3) is 0.556. The van der Waals surface area contributed by atoms with Gasteiger partial charge in [-0.3, -0.25) is 4.79 Å². The Morgan fingerprint density at radius 1 is 1.35 bits per heavy atom. The summed E-state index contributed by atoms with van der Waals surface area (Å²) in [6.45, 7) is 3.30. The van der Waals surface area contributed by atoms with Crippen molar-refractivity contribution in [2.75, 3.05) is 6.61 Å². The highest BCUT2D eigenvalue weighted by Crippen LogP contribution is 2.43. The fourth-order valence-electron chi connectivity index (χ4n) is 3.77. The lowest BCUT2D eigenvalue weighted by atomic mass is 9.84. The van der Waals surface area contributed by atoms with Crippen LogP contribution in [0.3, 0.4) is 0 Å². The van der Waals surface area contributed by atoms with Gasteiger partial charge in [0, 0.05) is 30.2 Å². The molecule has 3 rings (SSSR count). The summed E-state index contributed by atoms with van der Waals surface area (Å²) >= 11 is 6.96. The highest BCUT2D eigenvalue weighted by Gasteiger charge is 2.45. The summed E-state index contributed by atoms with van der Waals surface area (Å²) in [4.78, 5) is 14.6. The lowest BCUT2D eigenvalue weighted by molar-refractivity contribution is -0.129. The van der Waals surface area contributed by atoms with Crippen molar-refractivity contribution in [1.82, 2.24) is 4.90 Å². The molecule has 3 nitrogen and oxygen atoms in total. The van der Waals surface area contributed by atoms with E-state index in [4.69, 9.17) is 17.0 Å². The summed E-state index contributed by atoms with van der Waals surface area (Å²) in [6.07, 6.45) is 4.06. The molecule has 0 radical (unpaired) electrons. The van der Waals surface area contributed by atoms with Crippen molar-refractivity contribution in [3.05, 3.63) is 35.9 Å². The van der Waals surface area contributed by atoms with Crippen LogP contribution < -0.4 is 0 Å². The standard InChI is InChI=1S/C18H23NO2S2/c1-2-21-18(22)23-16-10-6-9-15-14(16)11-17(20)19(15)12-13-7-4-3-5-8-13/h3-5,7-8,14-16H,2,6,9-12H2,1H3/t14-,15-,16-/m1/s1. The number of thiocarbonyl (C=S) groups is 1. The third kappa shape index (κ3) is 3.89. The van der Waals surface area contributed by atoms with Crippen LogP contribution in [0.2, 0.25) is 0 Å². The number of carbonyl (C=O) groups excluding carboxylic acids is 1. The molecule has 1 heterocycles. The molecule has 1 aliphatic carbocycles. The molecule has 0 spiro atoms. The number of fused-ring (bicyclic) bond motifs is 1. The summed E-state index contributed by atoms with van der Waals surface area (Å²) in [6, 6.07) is 10.6. The lowest BCUT2D eigenvalue weighted by Gasteiger charge is -2.36. The summed E-state index contributed by atoms with van der Waals surface area (Å²) in [5.74, 6) is 0.696. The SMILES string of the molecule is CCOC(=S)S[C@@H]1CCC[C@@H]2[C@H]1CC(=O)N2Cc1ccccc1. The number of hydrogen-bond acceptors (Lipinski definition) is 4. The topological polar surface area (TPSA) is 29.5 Å². The van der Waals surface area contributed by atoms with Gasteiger partial charge >= 0.3 is 0 Å². The summed E-state index contributed by atoms with van der Waals surface area (Å²) in [5.41, 5.74) is 1.21. The van der Waals surface area contributed by atoms with Crippen LogP contribution in [0, 0.1) is 5.92 Å². The molecule has 2 fully saturated rings. The van der Waals surface area contributed by atoms with Gasteiger partial charge in [0.25, 0.3) is 0 Å². The van der Waals surface area contributed by atoms with E-state index in [1.54, 1.807) is 11.8 Å². The summed E-state index contributed by atoms with van der Waals surface area (Å²) < 4.78 is 6.07. The molecule has 1 amide bonds. The first-order valence-corrected chi connectivity index (χ1v) is 9.64. The molecule has 1 aromatic rings. The summed E-state index contributed by atoms with van der Waals surface area (Å²) in [5, 5.41) is 0.414. The number of amides is 1. The zero-order chi connectivity index (χ0) is 16.2. The molecule has 23 heavy (non-hydrogen) atoms. The van der Waals surface area contributed by atoms with Crippen molar-refractivity contribution in [3.63, 3.8) is 0 Å². The second-order valence-corrected chi connectivity index (χ2v) is 8.05. The van der Waals surface area contributed by atoms with Gasteiger partial charge in [-0.1, -0.05) is 48.5 Å². The third-order valence-corrected chi connectivity index (χ3v) is 6.40. The van der Waals surface area contributed by atoms with Gasteiger partial charge in [-0.05, 0) is 37.5 Å². The average Bonchev–Trinajstić information content (AvgIpc) is 2.86. The molecule has 1 aliphatic heterocycles. The zero-order valence-corrected chi connectivity index (χ0v) is 15.1. The van der Waals surface area contributed by atoms with Gasteiger partial charge < -0.3 is 9.64 Å². The van der Waals surface area contributed by atoms with E-state index >= 15 is 0 Å². The van der Waals surface area contributed by atoms with E-state index in [2.05, 4.69) is 17.0 Å². The van der Waals surface area contributed by atoms with Crippen molar-refractivity contribution in [2.45, 2.75) is 50.4 Å². The molecule has 1 saturated heterocycles. The predicted molar refractivity (Wildman–Crippen MR) is 98.3 cm³/mol. The van der Waals surface area contributed by atoms with Crippen LogP contribution in [0.4, 0.5) is 0 Å². The molecule has 0 bridgehead atoms. The van der Waals surface area contributed by atoms with Crippen LogP contribution in [0.15, 0.2) is 30.3 Å². The van der Waals surface area contributed by atoms with Crippen molar-refractivity contribution in [3.8, 4) is 0 Å². The second-order valence-electron chi connectivity index (χ2n) is 6.21. The molecule has 0 aromatic heterocycles. The molecular formula is C18H23NO2S2. The van der Waals surface area contributed by atoms with E-state index < -0.39 is 0 Å². The van der Waals surface area contributed by atoms with Crippen LogP contribution in [0.25, 0.3) is 0 Å². The maximum atomic E-state index is 12.6. The number of carbonyl (C=O) groups is 1. The molecule has 2 aliphatic rings. The van der Waals surface area contributed by atoms with E-state index in [0.29, 0.717) is 40.5 Å². The number of rotatable bonds is 4. The molecular weight excluding hydrogens is 326 g/mol. The summed E-state index contributed by atoms with van der Waals surface area (Å²) in [7, 11) is 0. The Balaban J connectivity index is 1.69. The minimum Gasteiger partial charge on any atom is -0.479 e. The molecule has 0 unspecified atom stereocenters. The van der Waals surface area contributed by atoms with Gasteiger partial charge in [-0.15, -0.1) is 0 Å². The van der Waals surface area contributed by atoms with Crippen LogP contribution in [-0.4, -0.2) is 33.1 Å². The molecule has 124 valence electrons. The van der Waals surface area contributed by atoms with E-state index in [9.17, 15) is 4.79 Å². The monoisotopic (exact) mass is 349 g/mol. The Morgan fingerprint density at radius 3 is 2.87 bits per heavy atom. The van der Waals surface area contributed by atoms with Crippen LogP contribution >= 0.6 is 24.0 Å². The highest BCUT2D eigenvalue weighted by molar-refractivity contribution is 8.23. The van der Waals surface area contributed by atoms with Gasteiger partial charge in [0.05, 0.1) is 6.61 Å². The minimum atomic E-state index is 0.290. The van der Waals surface area contributed by atoms with Gasteiger partial charge in [-0.25, -0.2) is 0 Å². The number of thioether (sulfide) groups is 1. The van der Waals surface area contributed by atoms with E-state index in [-0.39, 0.29) is 0 Å². The van der Waals surface area contributed by atoms with E-state index in [1.807, 2.05) is 25.1 Å². The van der Waals surface area contributed by atoms with Crippen molar-refractivity contribution < 1.29 is 9.53 Å². The number of nitrogens with zero attached hydrogens (tertiary/aromatic N) is 1. The molecule has 3 atom stereocenters. The van der Waals surface area contributed by atoms with Gasteiger partial charge in [-0.2, -0.15) is 0 Å². The highest BCUT2D eigenvalue weighted by atomic mass is 32.2. The smallest absolute Gasteiger partial charge is 0.223 e. The fourth-order valence-corrected chi connectivity index (χ4v) is 5.43. The third-order valence-electron chi connectivity index (χ3n) is 4.80. The first-order chi connectivity index (χ1) is 11.2. The lowest BCUT2D eigenvalue weighted by Crippen LogP contribution is -2.40. The molecule has 1 aromatic carbocycles. The normalized spacial score (nSPS) is 26.9. The predicted octanol–water partition coefficient (Wildman–Crippen LogP) is 4.01. The quantitative estimate of drug-likeness (QED) is 0.768. The number of ether oxygens (including phenoxy) is 1. The first-order valence-electron chi connectivity index (χ1n) is 8.36. The van der Waals surface area contributed by atoms with Crippen molar-refractivity contribution >= 4 is 34.3 Å². The Hall–Kier alpha value is -1.07. The molecule has 1 saturated carbocycles. The number of likely N-dealkylation sites (tertiary alicyclic amines) is 1. The Bertz CT molecular complexity index is 563. The van der Waals surface area contributed by atoms with Crippen molar-refractivity contribution in [1.29, 1.82) is 0 Å². The number of hydrogen-bond donors (Lipinski definition) is 0.